The molecule has 0 radical (unpaired) electrons. The molecule has 0 heterocycles. The highest BCUT2D eigenvalue weighted by Crippen LogP contribution is 2.17. The van der Waals surface area contributed by atoms with E-state index in [1.165, 1.54) is 250 Å². The third-order valence-corrected chi connectivity index (χ3v) is 13.3. The Morgan fingerprint density at radius 1 is 0.375 bits per heavy atom. The number of carbonyl (C=O) groups excluding carboxylic acids is 1. The summed E-state index contributed by atoms with van der Waals surface area (Å²) in [6.07, 6.45) is 77.0. The highest BCUT2D eigenvalue weighted by atomic mass is 16.3. The summed E-state index contributed by atoms with van der Waals surface area (Å²) in [6, 6.07) is -0.623. The van der Waals surface area contributed by atoms with Gasteiger partial charge in [0, 0.05) is 6.42 Å². The molecule has 4 heteroatoms. The summed E-state index contributed by atoms with van der Waals surface area (Å²) in [5, 5.41) is 23.2. The Bertz CT molecular complexity index is 1020. The fourth-order valence-electron chi connectivity index (χ4n) is 8.89. The first-order valence-corrected chi connectivity index (χ1v) is 28.9. The molecular formula is C60H113NO3. The van der Waals surface area contributed by atoms with E-state index in [4.69, 9.17) is 0 Å². The van der Waals surface area contributed by atoms with Crippen LogP contribution in [0.2, 0.25) is 0 Å². The van der Waals surface area contributed by atoms with Crippen molar-refractivity contribution in [3.05, 3.63) is 48.6 Å². The monoisotopic (exact) mass is 896 g/mol. The van der Waals surface area contributed by atoms with Crippen LogP contribution in [0.5, 0.6) is 0 Å². The van der Waals surface area contributed by atoms with Gasteiger partial charge in [-0.15, -0.1) is 0 Å². The molecule has 0 aliphatic heterocycles. The molecule has 2 unspecified atom stereocenters. The van der Waals surface area contributed by atoms with E-state index in [0.29, 0.717) is 6.42 Å². The van der Waals surface area contributed by atoms with E-state index < -0.39 is 12.1 Å². The van der Waals surface area contributed by atoms with Gasteiger partial charge in [0.05, 0.1) is 18.8 Å². The van der Waals surface area contributed by atoms with Crippen molar-refractivity contribution in [2.45, 2.75) is 321 Å². The lowest BCUT2D eigenvalue weighted by Crippen LogP contribution is -2.45. The van der Waals surface area contributed by atoms with Crippen LogP contribution in [0.15, 0.2) is 48.6 Å². The SMILES string of the molecule is CCCCCCC/C=C\C/C=C\C/C=C\CCCCCCCCCCCCCCCCCCC(=O)NC(CO)C(O)/C=C/CCCCCCCCCCCCCCCCCCCCC. The standard InChI is InChI=1S/C60H113NO3/c1-3-5-7-9-11-13-15-17-19-21-23-25-26-27-28-29-30-31-32-33-34-36-38-40-42-44-46-48-50-52-54-56-60(64)61-58(57-62)59(63)55-53-51-49-47-45-43-41-39-37-35-24-22-20-18-16-14-12-10-8-6-4-2/h15,17,21,23,26-27,53,55,58-59,62-63H,3-14,16,18-20,22,24-25,28-52,54,56-57H2,1-2H3,(H,61,64)/b17-15-,23-21-,27-26-,55-53+. The molecule has 0 aromatic rings. The first-order valence-electron chi connectivity index (χ1n) is 28.9. The van der Waals surface area contributed by atoms with Gasteiger partial charge in [0.1, 0.15) is 0 Å². The quantitative estimate of drug-likeness (QED) is 0.0421. The zero-order chi connectivity index (χ0) is 46.3. The Hall–Kier alpha value is -1.65. The van der Waals surface area contributed by atoms with Gasteiger partial charge in [-0.1, -0.05) is 294 Å². The van der Waals surface area contributed by atoms with E-state index in [-0.39, 0.29) is 12.5 Å². The molecule has 0 bridgehead atoms. The van der Waals surface area contributed by atoms with E-state index in [0.717, 1.165) is 38.5 Å². The molecule has 0 aromatic heterocycles. The van der Waals surface area contributed by atoms with Crippen LogP contribution in [0.25, 0.3) is 0 Å². The van der Waals surface area contributed by atoms with Crippen LogP contribution in [0.4, 0.5) is 0 Å². The van der Waals surface area contributed by atoms with Gasteiger partial charge in [0.2, 0.25) is 5.91 Å². The van der Waals surface area contributed by atoms with Crippen LogP contribution < -0.4 is 5.32 Å². The predicted molar refractivity (Wildman–Crippen MR) is 285 cm³/mol. The van der Waals surface area contributed by atoms with Gasteiger partial charge in [0.25, 0.3) is 0 Å². The topological polar surface area (TPSA) is 69.6 Å². The first-order chi connectivity index (χ1) is 31.7. The molecule has 0 aromatic carbocycles. The molecule has 0 aliphatic carbocycles. The summed E-state index contributed by atoms with van der Waals surface area (Å²) in [6.45, 7) is 4.32. The van der Waals surface area contributed by atoms with Gasteiger partial charge < -0.3 is 15.5 Å². The Kier molecular flexibility index (Phi) is 54.2. The van der Waals surface area contributed by atoms with Gasteiger partial charge >= 0.3 is 0 Å². The van der Waals surface area contributed by atoms with Crippen molar-refractivity contribution in [1.29, 1.82) is 0 Å². The average Bonchev–Trinajstić information content (AvgIpc) is 3.30. The molecule has 0 saturated heterocycles. The second-order valence-electron chi connectivity index (χ2n) is 19.7. The molecular weight excluding hydrogens is 783 g/mol. The van der Waals surface area contributed by atoms with Crippen LogP contribution >= 0.6 is 0 Å². The highest BCUT2D eigenvalue weighted by molar-refractivity contribution is 5.76. The minimum Gasteiger partial charge on any atom is -0.394 e. The summed E-state index contributed by atoms with van der Waals surface area (Å²) >= 11 is 0. The number of unbranched alkanes of at least 4 members (excludes halogenated alkanes) is 40. The van der Waals surface area contributed by atoms with Crippen LogP contribution in [0, 0.1) is 0 Å². The van der Waals surface area contributed by atoms with Gasteiger partial charge in [-0.25, -0.2) is 0 Å². The van der Waals surface area contributed by atoms with Crippen molar-refractivity contribution < 1.29 is 15.0 Å². The van der Waals surface area contributed by atoms with Crippen molar-refractivity contribution in [1.82, 2.24) is 5.32 Å². The molecule has 0 saturated carbocycles. The van der Waals surface area contributed by atoms with Crippen LogP contribution in [0.3, 0.4) is 0 Å². The predicted octanol–water partition coefficient (Wildman–Crippen LogP) is 19.0. The lowest BCUT2D eigenvalue weighted by molar-refractivity contribution is -0.123. The second-order valence-corrected chi connectivity index (χ2v) is 19.7. The molecule has 376 valence electrons. The van der Waals surface area contributed by atoms with E-state index >= 15 is 0 Å². The van der Waals surface area contributed by atoms with Crippen molar-refractivity contribution >= 4 is 5.91 Å². The number of hydrogen-bond acceptors (Lipinski definition) is 3. The molecule has 1 amide bonds. The zero-order valence-corrected chi connectivity index (χ0v) is 43.3. The number of nitrogens with one attached hydrogen (secondary N) is 1. The molecule has 2 atom stereocenters. The number of rotatable bonds is 53. The number of aliphatic hydroxyl groups excluding tert-OH is 2. The molecule has 0 rings (SSSR count). The first kappa shape index (κ1) is 62.4. The Morgan fingerprint density at radius 3 is 0.953 bits per heavy atom. The number of hydrogen-bond donors (Lipinski definition) is 3. The summed E-state index contributed by atoms with van der Waals surface area (Å²) in [7, 11) is 0. The van der Waals surface area contributed by atoms with E-state index in [9.17, 15) is 15.0 Å². The van der Waals surface area contributed by atoms with Gasteiger partial charge in [-0.05, 0) is 57.8 Å². The molecule has 4 nitrogen and oxygen atoms in total. The smallest absolute Gasteiger partial charge is 0.220 e. The fourth-order valence-corrected chi connectivity index (χ4v) is 8.89. The summed E-state index contributed by atoms with van der Waals surface area (Å²) in [5.41, 5.74) is 0. The van der Waals surface area contributed by atoms with E-state index in [1.54, 1.807) is 6.08 Å². The van der Waals surface area contributed by atoms with Crippen molar-refractivity contribution in [3.63, 3.8) is 0 Å². The van der Waals surface area contributed by atoms with Gasteiger partial charge in [-0.3, -0.25) is 4.79 Å². The Balaban J connectivity index is 3.48. The Morgan fingerprint density at radius 2 is 0.641 bits per heavy atom. The van der Waals surface area contributed by atoms with Crippen LogP contribution in [0.1, 0.15) is 309 Å². The largest absolute Gasteiger partial charge is 0.394 e. The van der Waals surface area contributed by atoms with E-state index in [2.05, 4.69) is 55.6 Å². The minimum atomic E-state index is -0.840. The zero-order valence-electron chi connectivity index (χ0n) is 43.3. The number of amides is 1. The number of aliphatic hydroxyl groups is 2. The normalized spacial score (nSPS) is 13.1. The average molecular weight is 897 g/mol. The summed E-state index contributed by atoms with van der Waals surface area (Å²) in [5.74, 6) is -0.0605. The van der Waals surface area contributed by atoms with E-state index in [1.807, 2.05) is 6.08 Å². The third kappa shape index (κ3) is 51.3. The molecule has 0 aliphatic rings. The maximum Gasteiger partial charge on any atom is 0.220 e. The van der Waals surface area contributed by atoms with Crippen molar-refractivity contribution in [2.24, 2.45) is 0 Å². The Labute approximate surface area is 401 Å². The second kappa shape index (κ2) is 55.7. The number of allylic oxidation sites excluding steroid dienone is 7. The fraction of sp³-hybridized carbons (Fsp3) is 0.850. The summed E-state index contributed by atoms with van der Waals surface area (Å²) < 4.78 is 0. The lowest BCUT2D eigenvalue weighted by Gasteiger charge is -2.20. The minimum absolute atomic E-state index is 0.0605. The van der Waals surface area contributed by atoms with Gasteiger partial charge in [0.15, 0.2) is 0 Å². The van der Waals surface area contributed by atoms with Crippen LogP contribution in [-0.2, 0) is 4.79 Å². The molecule has 0 fully saturated rings. The molecule has 3 N–H and O–H groups in total. The van der Waals surface area contributed by atoms with Crippen molar-refractivity contribution in [3.8, 4) is 0 Å². The van der Waals surface area contributed by atoms with Gasteiger partial charge in [-0.2, -0.15) is 0 Å². The third-order valence-electron chi connectivity index (χ3n) is 13.3. The lowest BCUT2D eigenvalue weighted by atomic mass is 10.0. The molecule has 0 spiro atoms. The maximum atomic E-state index is 12.5. The highest BCUT2D eigenvalue weighted by Gasteiger charge is 2.18. The number of carbonyl (C=O) groups is 1. The van der Waals surface area contributed by atoms with Crippen molar-refractivity contribution in [2.75, 3.05) is 6.61 Å². The van der Waals surface area contributed by atoms with Crippen LogP contribution in [-0.4, -0.2) is 34.9 Å². The molecule has 64 heavy (non-hydrogen) atoms. The summed E-state index contributed by atoms with van der Waals surface area (Å²) in [4.78, 5) is 12.5. The maximum absolute atomic E-state index is 12.5.